The van der Waals surface area contributed by atoms with Crippen molar-refractivity contribution in [3.63, 3.8) is 0 Å². The van der Waals surface area contributed by atoms with Gasteiger partial charge in [-0.15, -0.1) is 11.3 Å². The Balaban J connectivity index is 1.47. The molecule has 0 aromatic carbocycles. The van der Waals surface area contributed by atoms with Crippen LogP contribution in [0.3, 0.4) is 0 Å². The third kappa shape index (κ3) is 3.91. The van der Waals surface area contributed by atoms with Gasteiger partial charge in [-0.2, -0.15) is 0 Å². The minimum atomic E-state index is -0.488. The molecule has 3 aromatic rings. The van der Waals surface area contributed by atoms with Crippen LogP contribution in [0.5, 0.6) is 0 Å². The van der Waals surface area contributed by atoms with Gasteiger partial charge in [0.15, 0.2) is 5.13 Å². The average Bonchev–Trinajstić information content (AvgIpc) is 3.09. The summed E-state index contributed by atoms with van der Waals surface area (Å²) in [6.45, 7) is 5.23. The van der Waals surface area contributed by atoms with Crippen LogP contribution in [0.2, 0.25) is 0 Å². The number of piperidine rings is 1. The van der Waals surface area contributed by atoms with E-state index >= 15 is 0 Å². The van der Waals surface area contributed by atoms with Crippen molar-refractivity contribution in [1.82, 2.24) is 19.3 Å². The zero-order valence-electron chi connectivity index (χ0n) is 15.1. The number of carbonyl (C=O) groups is 1. The molecule has 0 radical (unpaired) electrons. The number of aromatic nitrogens is 3. The fraction of sp³-hybridized carbons (Fsp3) is 0.368. The maximum absolute atomic E-state index is 12.5. The van der Waals surface area contributed by atoms with Gasteiger partial charge in [-0.25, -0.2) is 9.97 Å². The second-order valence-electron chi connectivity index (χ2n) is 6.99. The lowest BCUT2D eigenvalue weighted by molar-refractivity contribution is 0.102. The molecule has 1 fully saturated rings. The highest BCUT2D eigenvalue weighted by Gasteiger charge is 2.18. The summed E-state index contributed by atoms with van der Waals surface area (Å²) in [7, 11) is 0. The number of rotatable bonds is 4. The first-order chi connectivity index (χ1) is 13.1. The molecule has 0 bridgehead atoms. The van der Waals surface area contributed by atoms with Crippen LogP contribution in [0, 0.1) is 5.92 Å². The Hall–Kier alpha value is -2.58. The van der Waals surface area contributed by atoms with Crippen molar-refractivity contribution in [3.8, 4) is 0 Å². The third-order valence-corrected chi connectivity index (χ3v) is 5.56. The number of nitrogens with zero attached hydrogens (tertiary/aromatic N) is 4. The monoisotopic (exact) mass is 383 g/mol. The van der Waals surface area contributed by atoms with Crippen LogP contribution in [0.4, 0.5) is 5.13 Å². The molecule has 4 heterocycles. The van der Waals surface area contributed by atoms with E-state index in [1.54, 1.807) is 24.4 Å². The normalized spacial score (nSPS) is 17.9. The summed E-state index contributed by atoms with van der Waals surface area (Å²) in [5.41, 5.74) is 1.06. The Morgan fingerprint density at radius 1 is 1.41 bits per heavy atom. The molecule has 0 saturated carbocycles. The molecule has 7 nitrogen and oxygen atoms in total. The summed E-state index contributed by atoms with van der Waals surface area (Å²) in [5, 5.41) is 5.18. The standard InChI is InChI=1S/C19H21N5O2S/c1-13-5-4-7-23(10-13)11-14-12-27-19(21-14)22-17(25)15-9-20-16-6-2-3-8-24(16)18(15)26/h2-3,6,8-9,12-13H,4-5,7,10-11H2,1H3,(H,21,22,25). The summed E-state index contributed by atoms with van der Waals surface area (Å²) in [5.74, 6) is 0.225. The first-order valence-corrected chi connectivity index (χ1v) is 9.92. The van der Waals surface area contributed by atoms with Gasteiger partial charge in [0.25, 0.3) is 11.5 Å². The lowest BCUT2D eigenvalue weighted by atomic mass is 10.0. The van der Waals surface area contributed by atoms with E-state index < -0.39 is 11.5 Å². The molecule has 1 N–H and O–H groups in total. The van der Waals surface area contributed by atoms with Gasteiger partial charge >= 0.3 is 0 Å². The quantitative estimate of drug-likeness (QED) is 0.749. The van der Waals surface area contributed by atoms with Crippen LogP contribution in [0.1, 0.15) is 35.8 Å². The minimum absolute atomic E-state index is 0.000283. The van der Waals surface area contributed by atoms with Gasteiger partial charge < -0.3 is 0 Å². The number of likely N-dealkylation sites (tertiary alicyclic amines) is 1. The van der Waals surface area contributed by atoms with Crippen molar-refractivity contribution in [1.29, 1.82) is 0 Å². The summed E-state index contributed by atoms with van der Waals surface area (Å²) >= 11 is 1.37. The number of fused-ring (bicyclic) bond motifs is 1. The molecule has 1 atom stereocenters. The Bertz CT molecular complexity index is 1030. The largest absolute Gasteiger partial charge is 0.298 e. The molecular formula is C19H21N5O2S. The van der Waals surface area contributed by atoms with Crippen molar-refractivity contribution < 1.29 is 4.79 Å². The Kier molecular flexibility index (Phi) is 5.00. The van der Waals surface area contributed by atoms with Crippen LogP contribution < -0.4 is 10.9 Å². The molecule has 1 unspecified atom stereocenters. The van der Waals surface area contributed by atoms with Gasteiger partial charge in [0.1, 0.15) is 11.2 Å². The first-order valence-electron chi connectivity index (χ1n) is 9.04. The molecule has 0 aliphatic carbocycles. The Labute approximate surface area is 160 Å². The van der Waals surface area contributed by atoms with Crippen molar-refractivity contribution in [2.45, 2.75) is 26.3 Å². The van der Waals surface area contributed by atoms with E-state index in [1.165, 1.54) is 34.8 Å². The zero-order valence-corrected chi connectivity index (χ0v) is 15.9. The number of thiazole rings is 1. The lowest BCUT2D eigenvalue weighted by Gasteiger charge is -2.30. The average molecular weight is 383 g/mol. The number of anilines is 1. The maximum Gasteiger partial charge on any atom is 0.270 e. The number of nitrogens with one attached hydrogen (secondary N) is 1. The highest BCUT2D eigenvalue weighted by atomic mass is 32.1. The summed E-state index contributed by atoms with van der Waals surface area (Å²) in [6.07, 6.45) is 5.41. The molecule has 140 valence electrons. The van der Waals surface area contributed by atoms with E-state index in [9.17, 15) is 9.59 Å². The SMILES string of the molecule is CC1CCCN(Cc2csc(NC(=O)c3cnc4ccccn4c3=O)n2)C1. The van der Waals surface area contributed by atoms with Gasteiger partial charge in [-0.05, 0) is 37.4 Å². The molecule has 1 aliphatic heterocycles. The number of hydrogen-bond acceptors (Lipinski definition) is 6. The predicted octanol–water partition coefficient (Wildman–Crippen LogP) is 2.64. The second kappa shape index (κ2) is 7.58. The smallest absolute Gasteiger partial charge is 0.270 e. The zero-order chi connectivity index (χ0) is 18.8. The van der Waals surface area contributed by atoms with Gasteiger partial charge in [-0.3, -0.25) is 24.2 Å². The molecular weight excluding hydrogens is 362 g/mol. The topological polar surface area (TPSA) is 79.6 Å². The van der Waals surface area contributed by atoms with Gasteiger partial charge in [0.05, 0.1) is 5.69 Å². The Morgan fingerprint density at radius 2 is 2.30 bits per heavy atom. The third-order valence-electron chi connectivity index (χ3n) is 4.76. The first kappa shape index (κ1) is 17.8. The van der Waals surface area contributed by atoms with Crippen LogP contribution in [-0.4, -0.2) is 38.3 Å². The lowest BCUT2D eigenvalue weighted by Crippen LogP contribution is -2.33. The molecule has 1 saturated heterocycles. The molecule has 3 aromatic heterocycles. The van der Waals surface area contributed by atoms with E-state index in [2.05, 4.69) is 27.1 Å². The van der Waals surface area contributed by atoms with Gasteiger partial charge in [0.2, 0.25) is 0 Å². The fourth-order valence-electron chi connectivity index (χ4n) is 3.44. The highest BCUT2D eigenvalue weighted by molar-refractivity contribution is 7.13. The minimum Gasteiger partial charge on any atom is -0.298 e. The summed E-state index contributed by atoms with van der Waals surface area (Å²) < 4.78 is 1.36. The van der Waals surface area contributed by atoms with Crippen LogP contribution in [-0.2, 0) is 6.54 Å². The van der Waals surface area contributed by atoms with Crippen molar-refractivity contribution in [2.24, 2.45) is 5.92 Å². The molecule has 4 rings (SSSR count). The highest BCUT2D eigenvalue weighted by Crippen LogP contribution is 2.21. The van der Waals surface area contributed by atoms with Gasteiger partial charge in [-0.1, -0.05) is 13.0 Å². The number of pyridine rings is 1. The molecule has 1 amide bonds. The number of amides is 1. The fourth-order valence-corrected chi connectivity index (χ4v) is 4.14. The van der Waals surface area contributed by atoms with Crippen LogP contribution >= 0.6 is 11.3 Å². The van der Waals surface area contributed by atoms with E-state index in [0.717, 1.165) is 25.3 Å². The van der Waals surface area contributed by atoms with Gasteiger partial charge in [0, 0.05) is 30.9 Å². The molecule has 8 heteroatoms. The van der Waals surface area contributed by atoms with E-state index in [-0.39, 0.29) is 5.56 Å². The van der Waals surface area contributed by atoms with Crippen molar-refractivity contribution in [2.75, 3.05) is 18.4 Å². The molecule has 0 spiro atoms. The molecule has 27 heavy (non-hydrogen) atoms. The van der Waals surface area contributed by atoms with Crippen molar-refractivity contribution >= 4 is 28.0 Å². The van der Waals surface area contributed by atoms with Crippen LogP contribution in [0.25, 0.3) is 5.65 Å². The number of hydrogen-bond donors (Lipinski definition) is 1. The molecule has 1 aliphatic rings. The van der Waals surface area contributed by atoms with E-state index in [0.29, 0.717) is 16.7 Å². The van der Waals surface area contributed by atoms with Crippen LogP contribution in [0.15, 0.2) is 40.8 Å². The maximum atomic E-state index is 12.5. The second-order valence-corrected chi connectivity index (χ2v) is 7.84. The van der Waals surface area contributed by atoms with E-state index in [4.69, 9.17) is 0 Å². The Morgan fingerprint density at radius 3 is 3.15 bits per heavy atom. The number of carbonyl (C=O) groups excluding carboxylic acids is 1. The van der Waals surface area contributed by atoms with Crippen molar-refractivity contribution in [3.05, 3.63) is 57.6 Å². The summed E-state index contributed by atoms with van der Waals surface area (Å²) in [4.78, 5) is 36.1. The van der Waals surface area contributed by atoms with E-state index in [1.807, 2.05) is 5.38 Å². The predicted molar refractivity (Wildman–Crippen MR) is 105 cm³/mol. The summed E-state index contributed by atoms with van der Waals surface area (Å²) in [6, 6.07) is 5.24.